The normalized spacial score (nSPS) is 18.3. The molecule has 1 aromatic rings. The lowest BCUT2D eigenvalue weighted by Crippen LogP contribution is -2.11. The predicted molar refractivity (Wildman–Crippen MR) is 65.1 cm³/mol. The van der Waals surface area contributed by atoms with Crippen molar-refractivity contribution in [3.63, 3.8) is 0 Å². The van der Waals surface area contributed by atoms with Crippen LogP contribution >= 0.6 is 0 Å². The number of hydrogen-bond acceptors (Lipinski definition) is 2. The van der Waals surface area contributed by atoms with E-state index >= 15 is 0 Å². The summed E-state index contributed by atoms with van der Waals surface area (Å²) in [4.78, 5) is 0.460. The van der Waals surface area contributed by atoms with Gasteiger partial charge in [-0.15, -0.1) is 0 Å². The molecule has 1 aliphatic carbocycles. The van der Waals surface area contributed by atoms with Crippen LogP contribution < -0.4 is 0 Å². The molecule has 1 fully saturated rings. The van der Waals surface area contributed by atoms with E-state index in [1.807, 2.05) is 6.07 Å². The summed E-state index contributed by atoms with van der Waals surface area (Å²) in [5.74, 6) is 0.296. The van der Waals surface area contributed by atoms with E-state index in [2.05, 4.69) is 6.92 Å². The largest absolute Gasteiger partial charge is 0.224 e. The lowest BCUT2D eigenvalue weighted by molar-refractivity contribution is 0.470. The minimum Gasteiger partial charge on any atom is -0.224 e. The van der Waals surface area contributed by atoms with Crippen LogP contribution in [0.1, 0.15) is 32.6 Å². The molecule has 0 spiro atoms. The van der Waals surface area contributed by atoms with Crippen LogP contribution in [-0.4, -0.2) is 14.2 Å². The molecule has 88 valence electrons. The SMILES string of the molecule is CCC1(CCS(=O)(=O)c2ccccc2)CC1. The summed E-state index contributed by atoms with van der Waals surface area (Å²) >= 11 is 0. The van der Waals surface area contributed by atoms with Crippen LogP contribution in [0.5, 0.6) is 0 Å². The summed E-state index contributed by atoms with van der Waals surface area (Å²) < 4.78 is 24.0. The second-order valence-corrected chi connectivity index (χ2v) is 6.84. The summed E-state index contributed by atoms with van der Waals surface area (Å²) in [6, 6.07) is 8.76. The molecule has 0 saturated heterocycles. The van der Waals surface area contributed by atoms with Crippen molar-refractivity contribution in [3.8, 4) is 0 Å². The van der Waals surface area contributed by atoms with Gasteiger partial charge in [0.1, 0.15) is 0 Å². The number of sulfone groups is 1. The molecule has 1 aliphatic rings. The van der Waals surface area contributed by atoms with Crippen LogP contribution in [-0.2, 0) is 9.84 Å². The first kappa shape index (κ1) is 11.6. The average molecular weight is 238 g/mol. The highest BCUT2D eigenvalue weighted by molar-refractivity contribution is 7.91. The van der Waals surface area contributed by atoms with Crippen molar-refractivity contribution >= 4 is 9.84 Å². The highest BCUT2D eigenvalue weighted by Gasteiger charge is 2.41. The van der Waals surface area contributed by atoms with E-state index in [-0.39, 0.29) is 0 Å². The smallest absolute Gasteiger partial charge is 0.178 e. The van der Waals surface area contributed by atoms with Gasteiger partial charge < -0.3 is 0 Å². The molecule has 1 aromatic carbocycles. The van der Waals surface area contributed by atoms with Gasteiger partial charge in [-0.1, -0.05) is 31.5 Å². The van der Waals surface area contributed by atoms with Crippen LogP contribution in [0.2, 0.25) is 0 Å². The molecular formula is C13H18O2S. The molecule has 16 heavy (non-hydrogen) atoms. The second-order valence-electron chi connectivity index (χ2n) is 4.74. The van der Waals surface area contributed by atoms with Crippen LogP contribution in [0.3, 0.4) is 0 Å². The zero-order chi connectivity index (χ0) is 11.6. The Morgan fingerprint density at radius 2 is 1.81 bits per heavy atom. The summed E-state index contributed by atoms with van der Waals surface area (Å²) in [5, 5.41) is 0. The van der Waals surface area contributed by atoms with Gasteiger partial charge in [0.25, 0.3) is 0 Å². The lowest BCUT2D eigenvalue weighted by atomic mass is 10.0. The molecule has 2 rings (SSSR count). The molecule has 0 aliphatic heterocycles. The maximum absolute atomic E-state index is 12.0. The number of hydrogen-bond donors (Lipinski definition) is 0. The summed E-state index contributed by atoms with van der Waals surface area (Å²) in [6.07, 6.45) is 4.33. The molecule has 0 heterocycles. The van der Waals surface area contributed by atoms with E-state index in [0.717, 1.165) is 12.8 Å². The third-order valence-corrected chi connectivity index (χ3v) is 5.44. The van der Waals surface area contributed by atoms with E-state index in [4.69, 9.17) is 0 Å². The van der Waals surface area contributed by atoms with Gasteiger partial charge in [-0.25, -0.2) is 8.42 Å². The molecule has 0 N–H and O–H groups in total. The van der Waals surface area contributed by atoms with E-state index in [1.54, 1.807) is 24.3 Å². The van der Waals surface area contributed by atoms with Crippen LogP contribution in [0, 0.1) is 5.41 Å². The lowest BCUT2D eigenvalue weighted by Gasteiger charge is -2.12. The topological polar surface area (TPSA) is 34.1 Å². The van der Waals surface area contributed by atoms with Gasteiger partial charge in [-0.2, -0.15) is 0 Å². The highest BCUT2D eigenvalue weighted by atomic mass is 32.2. The minimum absolute atomic E-state index is 0.296. The third kappa shape index (κ3) is 2.46. The fraction of sp³-hybridized carbons (Fsp3) is 0.538. The van der Waals surface area contributed by atoms with Gasteiger partial charge in [0.05, 0.1) is 10.6 Å². The van der Waals surface area contributed by atoms with Crippen molar-refractivity contribution < 1.29 is 8.42 Å². The number of benzene rings is 1. The van der Waals surface area contributed by atoms with E-state index < -0.39 is 9.84 Å². The van der Waals surface area contributed by atoms with Crippen molar-refractivity contribution in [3.05, 3.63) is 30.3 Å². The Hall–Kier alpha value is -0.830. The highest BCUT2D eigenvalue weighted by Crippen LogP contribution is 2.51. The van der Waals surface area contributed by atoms with Crippen molar-refractivity contribution in [2.45, 2.75) is 37.5 Å². The first-order valence-electron chi connectivity index (χ1n) is 5.86. The van der Waals surface area contributed by atoms with E-state index in [1.165, 1.54) is 12.8 Å². The Kier molecular flexibility index (Phi) is 3.06. The summed E-state index contributed by atoms with van der Waals surface area (Å²) in [6.45, 7) is 2.15. The molecule has 0 atom stereocenters. The molecular weight excluding hydrogens is 220 g/mol. The Bertz CT molecular complexity index is 444. The molecule has 0 radical (unpaired) electrons. The zero-order valence-corrected chi connectivity index (χ0v) is 10.5. The number of rotatable bonds is 5. The van der Waals surface area contributed by atoms with Gasteiger partial charge >= 0.3 is 0 Å². The Balaban J connectivity index is 2.04. The van der Waals surface area contributed by atoms with Crippen LogP contribution in [0.15, 0.2) is 35.2 Å². The summed E-state index contributed by atoms with van der Waals surface area (Å²) in [5.41, 5.74) is 0.349. The second kappa shape index (κ2) is 4.21. The van der Waals surface area contributed by atoms with Crippen molar-refractivity contribution in [2.24, 2.45) is 5.41 Å². The van der Waals surface area contributed by atoms with Gasteiger partial charge in [0, 0.05) is 0 Å². The monoisotopic (exact) mass is 238 g/mol. The van der Waals surface area contributed by atoms with Gasteiger partial charge in [0.15, 0.2) is 9.84 Å². The maximum atomic E-state index is 12.0. The first-order valence-corrected chi connectivity index (χ1v) is 7.51. The Morgan fingerprint density at radius 3 is 2.31 bits per heavy atom. The quantitative estimate of drug-likeness (QED) is 0.790. The first-order chi connectivity index (χ1) is 7.58. The zero-order valence-electron chi connectivity index (χ0n) is 9.65. The fourth-order valence-corrected chi connectivity index (χ4v) is 3.56. The third-order valence-electron chi connectivity index (χ3n) is 3.71. The predicted octanol–water partition coefficient (Wildman–Crippen LogP) is 3.04. The average Bonchev–Trinajstić information content (AvgIpc) is 3.09. The molecule has 1 saturated carbocycles. The van der Waals surface area contributed by atoms with E-state index in [9.17, 15) is 8.42 Å². The van der Waals surface area contributed by atoms with Gasteiger partial charge in [0.2, 0.25) is 0 Å². The van der Waals surface area contributed by atoms with Gasteiger partial charge in [-0.05, 0) is 36.8 Å². The Labute approximate surface area is 97.6 Å². The molecule has 0 bridgehead atoms. The standard InChI is InChI=1S/C13H18O2S/c1-2-13(8-9-13)10-11-16(14,15)12-6-4-3-5-7-12/h3-7H,2,8-11H2,1H3. The fourth-order valence-electron chi connectivity index (χ4n) is 2.05. The molecule has 0 unspecified atom stereocenters. The summed E-state index contributed by atoms with van der Waals surface area (Å²) in [7, 11) is -3.06. The molecule has 3 heteroatoms. The van der Waals surface area contributed by atoms with Gasteiger partial charge in [-0.3, -0.25) is 0 Å². The van der Waals surface area contributed by atoms with Crippen molar-refractivity contribution in [1.82, 2.24) is 0 Å². The molecule has 2 nitrogen and oxygen atoms in total. The van der Waals surface area contributed by atoms with Crippen molar-refractivity contribution in [2.75, 3.05) is 5.75 Å². The Morgan fingerprint density at radius 1 is 1.19 bits per heavy atom. The van der Waals surface area contributed by atoms with Crippen LogP contribution in [0.25, 0.3) is 0 Å². The van der Waals surface area contributed by atoms with Crippen LogP contribution in [0.4, 0.5) is 0 Å². The molecule has 0 aromatic heterocycles. The van der Waals surface area contributed by atoms with E-state index in [0.29, 0.717) is 16.1 Å². The maximum Gasteiger partial charge on any atom is 0.178 e. The van der Waals surface area contributed by atoms with Crippen molar-refractivity contribution in [1.29, 1.82) is 0 Å². The molecule has 0 amide bonds. The minimum atomic E-state index is -3.06.